The quantitative estimate of drug-likeness (QED) is 0.712. The zero-order valence-electron chi connectivity index (χ0n) is 7.06. The molecule has 1 amide bonds. The van der Waals surface area contributed by atoms with Gasteiger partial charge in [-0.05, 0) is 17.7 Å². The second-order valence-electron chi connectivity index (χ2n) is 2.87. The number of hydrogen-bond acceptors (Lipinski definition) is 4. The molecule has 5 heteroatoms. The lowest BCUT2D eigenvalue weighted by Gasteiger charge is -2.04. The molecule has 1 heterocycles. The zero-order valence-corrected chi connectivity index (χ0v) is 8.69. The van der Waals surface area contributed by atoms with Crippen molar-refractivity contribution in [1.82, 2.24) is 5.32 Å². The van der Waals surface area contributed by atoms with Crippen molar-refractivity contribution in [2.24, 2.45) is 0 Å². The van der Waals surface area contributed by atoms with Crippen molar-refractivity contribution < 1.29 is 9.90 Å². The van der Waals surface area contributed by atoms with E-state index in [1.165, 1.54) is 11.8 Å². The summed E-state index contributed by atoms with van der Waals surface area (Å²) in [4.78, 5) is 11.4. The smallest absolute Gasteiger partial charge is 0.243 e. The first-order valence-electron chi connectivity index (χ1n) is 3.97. The molecule has 1 saturated heterocycles. The summed E-state index contributed by atoms with van der Waals surface area (Å²) in [5, 5.41) is 11.4. The van der Waals surface area contributed by atoms with E-state index in [2.05, 4.69) is 5.32 Å². The van der Waals surface area contributed by atoms with Gasteiger partial charge in [0, 0.05) is 0 Å². The van der Waals surface area contributed by atoms with Gasteiger partial charge in [0.25, 0.3) is 0 Å². The number of hydrogen-bond donors (Lipinski definition) is 2. The average Bonchev–Trinajstić information content (AvgIpc) is 2.47. The maximum Gasteiger partial charge on any atom is 0.243 e. The van der Waals surface area contributed by atoms with Gasteiger partial charge in [-0.1, -0.05) is 36.1 Å². The van der Waals surface area contributed by atoms with Crippen molar-refractivity contribution in [3.8, 4) is 5.75 Å². The molecule has 3 nitrogen and oxygen atoms in total. The topological polar surface area (TPSA) is 49.3 Å². The molecule has 0 saturated carbocycles. The van der Waals surface area contributed by atoms with Crippen LogP contribution in [0.5, 0.6) is 5.75 Å². The molecule has 1 aromatic carbocycles. The standard InChI is InChI=1S/C9H7NO2S2/c11-6-3-1-5(2-4-6)7-8(12)10-9(13)14-7/h1-4,7,11H,(H,10,12,13). The summed E-state index contributed by atoms with van der Waals surface area (Å²) in [5.41, 5.74) is 0.852. The van der Waals surface area contributed by atoms with E-state index in [4.69, 9.17) is 17.3 Å². The van der Waals surface area contributed by atoms with E-state index in [0.29, 0.717) is 4.32 Å². The molecule has 2 rings (SSSR count). The summed E-state index contributed by atoms with van der Waals surface area (Å²) in [6.07, 6.45) is 0. The second-order valence-corrected chi connectivity index (χ2v) is 4.65. The van der Waals surface area contributed by atoms with Gasteiger partial charge in [0.05, 0.1) is 0 Å². The van der Waals surface area contributed by atoms with Crippen LogP contribution < -0.4 is 5.32 Å². The monoisotopic (exact) mass is 225 g/mol. The third-order valence-electron chi connectivity index (χ3n) is 1.88. The molecule has 0 radical (unpaired) electrons. The van der Waals surface area contributed by atoms with E-state index < -0.39 is 0 Å². The van der Waals surface area contributed by atoms with E-state index in [1.54, 1.807) is 24.3 Å². The Hall–Kier alpha value is -1.07. The molecule has 72 valence electrons. The molecule has 0 aliphatic carbocycles. The molecule has 0 spiro atoms. The zero-order chi connectivity index (χ0) is 10.1. The highest BCUT2D eigenvalue weighted by atomic mass is 32.2. The Labute approximate surface area is 90.5 Å². The van der Waals surface area contributed by atoms with E-state index in [1.807, 2.05) is 0 Å². The van der Waals surface area contributed by atoms with Gasteiger partial charge in [0.1, 0.15) is 15.3 Å². The van der Waals surface area contributed by atoms with Crippen LogP contribution in [0.15, 0.2) is 24.3 Å². The highest BCUT2D eigenvalue weighted by Gasteiger charge is 2.30. The van der Waals surface area contributed by atoms with Crippen LogP contribution in [-0.4, -0.2) is 15.3 Å². The van der Waals surface area contributed by atoms with Crippen LogP contribution in [0.1, 0.15) is 10.8 Å². The normalized spacial score (nSPS) is 21.0. The van der Waals surface area contributed by atoms with Crippen LogP contribution in [0, 0.1) is 0 Å². The maximum atomic E-state index is 11.4. The van der Waals surface area contributed by atoms with E-state index in [0.717, 1.165) is 5.56 Å². The Kier molecular flexibility index (Phi) is 2.43. The molecule has 0 bridgehead atoms. The minimum atomic E-state index is -0.275. The molecule has 0 aromatic heterocycles. The van der Waals surface area contributed by atoms with Gasteiger partial charge in [-0.2, -0.15) is 0 Å². The molecular weight excluding hydrogens is 218 g/mol. The Balaban J connectivity index is 2.27. The molecule has 1 unspecified atom stereocenters. The molecule has 1 aliphatic rings. The highest BCUT2D eigenvalue weighted by molar-refractivity contribution is 8.24. The van der Waals surface area contributed by atoms with Crippen LogP contribution >= 0.6 is 24.0 Å². The van der Waals surface area contributed by atoms with Gasteiger partial charge >= 0.3 is 0 Å². The fraction of sp³-hybridized carbons (Fsp3) is 0.111. The molecule has 1 fully saturated rings. The summed E-state index contributed by atoms with van der Waals surface area (Å²) in [6, 6.07) is 6.57. The van der Waals surface area contributed by atoms with Gasteiger partial charge in [-0.15, -0.1) is 0 Å². The van der Waals surface area contributed by atoms with Crippen molar-refractivity contribution in [3.63, 3.8) is 0 Å². The molecular formula is C9H7NO2S2. The first kappa shape index (κ1) is 9.48. The van der Waals surface area contributed by atoms with Crippen LogP contribution in [0.3, 0.4) is 0 Å². The molecule has 1 aliphatic heterocycles. The van der Waals surface area contributed by atoms with Crippen LogP contribution in [-0.2, 0) is 4.79 Å². The number of benzene rings is 1. The summed E-state index contributed by atoms with van der Waals surface area (Å²) in [6.45, 7) is 0. The van der Waals surface area contributed by atoms with Crippen LogP contribution in [0.4, 0.5) is 0 Å². The number of rotatable bonds is 1. The Morgan fingerprint density at radius 3 is 2.50 bits per heavy atom. The van der Waals surface area contributed by atoms with Gasteiger partial charge < -0.3 is 10.4 Å². The van der Waals surface area contributed by atoms with E-state index in [9.17, 15) is 4.79 Å². The minimum absolute atomic E-state index is 0.0920. The number of amides is 1. The van der Waals surface area contributed by atoms with Crippen molar-refractivity contribution in [3.05, 3.63) is 29.8 Å². The summed E-state index contributed by atoms with van der Waals surface area (Å²) < 4.78 is 0.507. The molecule has 1 atom stereocenters. The van der Waals surface area contributed by atoms with Crippen LogP contribution in [0.25, 0.3) is 0 Å². The number of nitrogens with one attached hydrogen (secondary N) is 1. The lowest BCUT2D eigenvalue weighted by Crippen LogP contribution is -2.20. The molecule has 1 aromatic rings. The Morgan fingerprint density at radius 1 is 1.36 bits per heavy atom. The first-order chi connectivity index (χ1) is 6.66. The second kappa shape index (κ2) is 3.59. The van der Waals surface area contributed by atoms with Gasteiger partial charge in [-0.3, -0.25) is 4.79 Å². The largest absolute Gasteiger partial charge is 0.508 e. The average molecular weight is 225 g/mol. The minimum Gasteiger partial charge on any atom is -0.508 e. The summed E-state index contributed by atoms with van der Waals surface area (Å²) in [7, 11) is 0. The van der Waals surface area contributed by atoms with Crippen molar-refractivity contribution in [2.45, 2.75) is 5.25 Å². The third kappa shape index (κ3) is 1.73. The number of aromatic hydroxyl groups is 1. The maximum absolute atomic E-state index is 11.4. The lowest BCUT2D eigenvalue weighted by atomic mass is 10.1. The van der Waals surface area contributed by atoms with Gasteiger partial charge in [-0.25, -0.2) is 0 Å². The third-order valence-corrected chi connectivity index (χ3v) is 3.31. The number of phenols is 1. The van der Waals surface area contributed by atoms with Crippen LogP contribution in [0.2, 0.25) is 0 Å². The predicted molar refractivity (Wildman–Crippen MR) is 59.2 cm³/mol. The number of thiocarbonyl (C=S) groups is 1. The number of carbonyl (C=O) groups is 1. The number of thioether (sulfide) groups is 1. The number of carbonyl (C=O) groups excluding carboxylic acids is 1. The number of phenolic OH excluding ortho intramolecular Hbond substituents is 1. The predicted octanol–water partition coefficient (Wildman–Crippen LogP) is 1.58. The fourth-order valence-electron chi connectivity index (χ4n) is 1.22. The first-order valence-corrected chi connectivity index (χ1v) is 5.26. The van der Waals surface area contributed by atoms with Gasteiger partial charge in [0.2, 0.25) is 5.91 Å². The van der Waals surface area contributed by atoms with Gasteiger partial charge in [0.15, 0.2) is 0 Å². The summed E-state index contributed by atoms with van der Waals surface area (Å²) >= 11 is 6.20. The molecule has 14 heavy (non-hydrogen) atoms. The van der Waals surface area contributed by atoms with E-state index in [-0.39, 0.29) is 16.9 Å². The van der Waals surface area contributed by atoms with E-state index >= 15 is 0 Å². The lowest BCUT2D eigenvalue weighted by molar-refractivity contribution is -0.118. The van der Waals surface area contributed by atoms with Crippen molar-refractivity contribution >= 4 is 34.2 Å². The Bertz CT molecular complexity index is 388. The highest BCUT2D eigenvalue weighted by Crippen LogP contribution is 2.34. The fourth-order valence-corrected chi connectivity index (χ4v) is 2.45. The Morgan fingerprint density at radius 2 is 2.00 bits per heavy atom. The SMILES string of the molecule is O=C1NC(=S)SC1c1ccc(O)cc1. The van der Waals surface area contributed by atoms with Crippen molar-refractivity contribution in [1.29, 1.82) is 0 Å². The molecule has 2 N–H and O–H groups in total. The summed E-state index contributed by atoms with van der Waals surface area (Å²) in [5.74, 6) is 0.102. The van der Waals surface area contributed by atoms with Crippen molar-refractivity contribution in [2.75, 3.05) is 0 Å².